The number of phenolic OH excluding ortho intramolecular Hbond substituents is 1. The molecule has 28 heavy (non-hydrogen) atoms. The number of rotatable bonds is 4. The Bertz CT molecular complexity index is 1040. The fourth-order valence-electron chi connectivity index (χ4n) is 3.35. The number of nitrogens with zero attached hydrogens (tertiary/aromatic N) is 1. The van der Waals surface area contributed by atoms with Crippen LogP contribution in [0.3, 0.4) is 0 Å². The van der Waals surface area contributed by atoms with Crippen LogP contribution in [0.5, 0.6) is 5.75 Å². The first kappa shape index (κ1) is 18.9. The van der Waals surface area contributed by atoms with Gasteiger partial charge in [-0.3, -0.25) is 4.79 Å². The molecule has 0 saturated heterocycles. The number of aryl methyl sites for hydroxylation is 1. The van der Waals surface area contributed by atoms with Gasteiger partial charge in [-0.2, -0.15) is 0 Å². The summed E-state index contributed by atoms with van der Waals surface area (Å²) in [5.41, 5.74) is 3.16. The summed E-state index contributed by atoms with van der Waals surface area (Å²) in [5.74, 6) is 0.0276. The van der Waals surface area contributed by atoms with Crippen molar-refractivity contribution in [3.05, 3.63) is 74.6 Å². The summed E-state index contributed by atoms with van der Waals surface area (Å²) in [5, 5.41) is 13.7. The summed E-state index contributed by atoms with van der Waals surface area (Å²) >= 11 is 4.99. The van der Waals surface area contributed by atoms with Gasteiger partial charge in [-0.1, -0.05) is 34.1 Å². The molecule has 2 aromatic carbocycles. The quantitative estimate of drug-likeness (QED) is 0.467. The number of carbonyl (C=O) groups excluding carboxylic acids is 1. The predicted molar refractivity (Wildman–Crippen MR) is 118 cm³/mol. The molecule has 2 N–H and O–H groups in total. The molecule has 1 heterocycles. The van der Waals surface area contributed by atoms with Crippen LogP contribution in [0, 0.1) is 0 Å². The van der Waals surface area contributed by atoms with Crippen molar-refractivity contribution in [1.29, 1.82) is 0 Å². The van der Waals surface area contributed by atoms with E-state index in [1.54, 1.807) is 35.8 Å². The monoisotopic (exact) mass is 454 g/mol. The molecule has 1 amide bonds. The van der Waals surface area contributed by atoms with Crippen LogP contribution in [-0.2, 0) is 12.8 Å². The van der Waals surface area contributed by atoms with E-state index in [-0.39, 0.29) is 11.7 Å². The first-order valence-corrected chi connectivity index (χ1v) is 10.8. The van der Waals surface area contributed by atoms with Gasteiger partial charge in [-0.15, -0.1) is 11.3 Å². The molecule has 4 nitrogen and oxygen atoms in total. The van der Waals surface area contributed by atoms with Gasteiger partial charge >= 0.3 is 0 Å². The highest BCUT2D eigenvalue weighted by Crippen LogP contribution is 2.40. The second-order valence-corrected chi connectivity index (χ2v) is 8.67. The maximum absolute atomic E-state index is 13.1. The molecular weight excluding hydrogens is 436 g/mol. The number of aliphatic imine (C=N–C) groups is 1. The molecule has 0 spiro atoms. The summed E-state index contributed by atoms with van der Waals surface area (Å²) in [7, 11) is 0. The first-order valence-electron chi connectivity index (χ1n) is 9.15. The average Bonchev–Trinajstić information content (AvgIpc) is 3.08. The lowest BCUT2D eigenvalue weighted by atomic mass is 9.95. The lowest BCUT2D eigenvalue weighted by molar-refractivity contribution is 0.102. The fraction of sp³-hybridized carbons (Fsp3) is 0.182. The van der Waals surface area contributed by atoms with Crippen LogP contribution < -0.4 is 5.32 Å². The summed E-state index contributed by atoms with van der Waals surface area (Å²) < 4.78 is 0.860. The van der Waals surface area contributed by atoms with E-state index in [0.717, 1.165) is 41.4 Å². The Kier molecular flexibility index (Phi) is 5.59. The van der Waals surface area contributed by atoms with E-state index in [1.165, 1.54) is 4.88 Å². The molecule has 4 rings (SSSR count). The third-order valence-corrected chi connectivity index (χ3v) is 6.41. The first-order chi connectivity index (χ1) is 13.6. The van der Waals surface area contributed by atoms with E-state index in [2.05, 4.69) is 26.2 Å². The van der Waals surface area contributed by atoms with E-state index in [1.807, 2.05) is 30.3 Å². The molecule has 6 heteroatoms. The second-order valence-electron chi connectivity index (χ2n) is 6.67. The number of halogens is 1. The van der Waals surface area contributed by atoms with Crippen molar-refractivity contribution in [2.75, 3.05) is 5.32 Å². The number of hydrogen-bond acceptors (Lipinski definition) is 4. The molecule has 3 aromatic rings. The van der Waals surface area contributed by atoms with E-state index >= 15 is 0 Å². The number of anilines is 1. The highest BCUT2D eigenvalue weighted by molar-refractivity contribution is 9.10. The van der Waals surface area contributed by atoms with Crippen LogP contribution in [-0.4, -0.2) is 17.2 Å². The van der Waals surface area contributed by atoms with Crippen molar-refractivity contribution >= 4 is 50.1 Å². The van der Waals surface area contributed by atoms with Crippen LogP contribution in [0.25, 0.3) is 0 Å². The minimum atomic E-state index is -0.129. The largest absolute Gasteiger partial charge is 0.507 e. The van der Waals surface area contributed by atoms with E-state index < -0.39 is 0 Å². The zero-order chi connectivity index (χ0) is 19.5. The second kappa shape index (κ2) is 8.29. The Labute approximate surface area is 176 Å². The number of fused-ring (bicyclic) bond motifs is 1. The number of amides is 1. The van der Waals surface area contributed by atoms with Crippen molar-refractivity contribution in [3.8, 4) is 5.75 Å². The number of para-hydroxylation sites is 1. The summed E-state index contributed by atoms with van der Waals surface area (Å²) in [6.07, 6.45) is 5.74. The number of thiophene rings is 1. The molecule has 0 radical (unpaired) electrons. The highest BCUT2D eigenvalue weighted by Gasteiger charge is 2.25. The fourth-order valence-corrected chi connectivity index (χ4v) is 4.96. The van der Waals surface area contributed by atoms with Crippen molar-refractivity contribution < 1.29 is 9.90 Å². The van der Waals surface area contributed by atoms with Gasteiger partial charge in [-0.25, -0.2) is 4.99 Å². The van der Waals surface area contributed by atoms with Crippen LogP contribution in [0.2, 0.25) is 0 Å². The van der Waals surface area contributed by atoms with Gasteiger partial charge in [0.25, 0.3) is 5.91 Å². The van der Waals surface area contributed by atoms with Gasteiger partial charge in [0.2, 0.25) is 0 Å². The SMILES string of the molecule is O=C(Nc1ccccc1)c1c(N=Cc2cc(Br)ccc2O)sc2c1CCCC2. The number of hydrogen-bond donors (Lipinski definition) is 2. The summed E-state index contributed by atoms with van der Waals surface area (Å²) in [6.45, 7) is 0. The zero-order valence-electron chi connectivity index (χ0n) is 15.1. The Hall–Kier alpha value is -2.44. The van der Waals surface area contributed by atoms with E-state index in [9.17, 15) is 9.90 Å². The Balaban J connectivity index is 1.71. The van der Waals surface area contributed by atoms with Crippen molar-refractivity contribution in [1.82, 2.24) is 0 Å². The topological polar surface area (TPSA) is 61.7 Å². The van der Waals surface area contributed by atoms with Gasteiger partial charge in [0.05, 0.1) is 5.56 Å². The van der Waals surface area contributed by atoms with Crippen molar-refractivity contribution in [2.24, 2.45) is 4.99 Å². The third kappa shape index (κ3) is 4.03. The van der Waals surface area contributed by atoms with Crippen LogP contribution in [0.15, 0.2) is 58.0 Å². The summed E-state index contributed by atoms with van der Waals surface area (Å²) in [6, 6.07) is 14.7. The molecule has 142 valence electrons. The van der Waals surface area contributed by atoms with Gasteiger partial charge in [0.15, 0.2) is 0 Å². The summed E-state index contributed by atoms with van der Waals surface area (Å²) in [4.78, 5) is 18.9. The number of benzene rings is 2. The predicted octanol–water partition coefficient (Wildman–Crippen LogP) is 6.10. The van der Waals surface area contributed by atoms with Gasteiger partial charge in [0, 0.05) is 26.8 Å². The maximum Gasteiger partial charge on any atom is 0.259 e. The normalized spacial score (nSPS) is 13.5. The maximum atomic E-state index is 13.1. The molecule has 1 aromatic heterocycles. The number of nitrogens with one attached hydrogen (secondary N) is 1. The van der Waals surface area contributed by atoms with Gasteiger partial charge in [0.1, 0.15) is 10.8 Å². The lowest BCUT2D eigenvalue weighted by Crippen LogP contribution is -2.14. The van der Waals surface area contributed by atoms with Gasteiger partial charge < -0.3 is 10.4 Å². The molecule has 0 fully saturated rings. The minimum absolute atomic E-state index is 0.129. The minimum Gasteiger partial charge on any atom is -0.507 e. The van der Waals surface area contributed by atoms with Crippen LogP contribution >= 0.6 is 27.3 Å². The third-order valence-electron chi connectivity index (χ3n) is 4.72. The van der Waals surface area contributed by atoms with E-state index in [4.69, 9.17) is 0 Å². The molecule has 0 bridgehead atoms. The van der Waals surface area contributed by atoms with Gasteiger partial charge in [-0.05, 0) is 61.6 Å². The molecule has 0 unspecified atom stereocenters. The average molecular weight is 455 g/mol. The number of phenols is 1. The van der Waals surface area contributed by atoms with Crippen molar-refractivity contribution in [2.45, 2.75) is 25.7 Å². The van der Waals surface area contributed by atoms with E-state index in [0.29, 0.717) is 16.1 Å². The Morgan fingerprint density at radius 2 is 1.93 bits per heavy atom. The molecule has 0 atom stereocenters. The lowest BCUT2D eigenvalue weighted by Gasteiger charge is -2.12. The molecular formula is C22H19BrN2O2S. The molecule has 1 aliphatic carbocycles. The molecule has 0 aliphatic heterocycles. The van der Waals surface area contributed by atoms with Crippen LogP contribution in [0.4, 0.5) is 10.7 Å². The molecule has 0 saturated carbocycles. The van der Waals surface area contributed by atoms with Crippen LogP contribution in [0.1, 0.15) is 39.2 Å². The Morgan fingerprint density at radius 1 is 1.14 bits per heavy atom. The number of aromatic hydroxyl groups is 1. The standard InChI is InChI=1S/C22H19BrN2O2S/c23-15-10-11-18(26)14(12-15)13-24-22-20(17-8-4-5-9-19(17)28-22)21(27)25-16-6-2-1-3-7-16/h1-3,6-7,10-13,26H,4-5,8-9H2,(H,25,27). The van der Waals surface area contributed by atoms with Crippen molar-refractivity contribution in [3.63, 3.8) is 0 Å². The Morgan fingerprint density at radius 3 is 2.75 bits per heavy atom. The molecule has 1 aliphatic rings. The highest BCUT2D eigenvalue weighted by atomic mass is 79.9. The zero-order valence-corrected chi connectivity index (χ0v) is 17.5. The number of carbonyl (C=O) groups is 1. The smallest absolute Gasteiger partial charge is 0.259 e.